The van der Waals surface area contributed by atoms with Gasteiger partial charge in [-0.15, -0.1) is 0 Å². The first-order valence-electron chi connectivity index (χ1n) is 9.74. The summed E-state index contributed by atoms with van der Waals surface area (Å²) in [6.07, 6.45) is 3.40. The van der Waals surface area contributed by atoms with Gasteiger partial charge in [-0.3, -0.25) is 4.79 Å². The van der Waals surface area contributed by atoms with E-state index >= 15 is 0 Å². The van der Waals surface area contributed by atoms with Crippen LogP contribution in [0, 0.1) is 6.92 Å². The van der Waals surface area contributed by atoms with Crippen molar-refractivity contribution < 1.29 is 9.90 Å². The molecule has 3 aromatic heterocycles. The van der Waals surface area contributed by atoms with Crippen LogP contribution in [0.25, 0.3) is 22.2 Å². The summed E-state index contributed by atoms with van der Waals surface area (Å²) in [6.45, 7) is 4.42. The van der Waals surface area contributed by atoms with Crippen molar-refractivity contribution in [1.29, 1.82) is 0 Å². The van der Waals surface area contributed by atoms with E-state index in [0.717, 1.165) is 16.9 Å². The first kappa shape index (κ1) is 18.5. The Hall–Kier alpha value is -3.53. The first-order chi connectivity index (χ1) is 14.3. The molecule has 0 bridgehead atoms. The van der Waals surface area contributed by atoms with Crippen LogP contribution >= 0.6 is 0 Å². The van der Waals surface area contributed by atoms with Crippen LogP contribution in [0.5, 0.6) is 0 Å². The molecule has 154 valence electrons. The number of H-pyrrole nitrogens is 1. The molecular formula is C20H22N8O2. The normalized spacial score (nSPS) is 22.1. The Morgan fingerprint density at radius 1 is 1.33 bits per heavy atom. The minimum absolute atomic E-state index is 0.0942. The maximum atomic E-state index is 13.2. The van der Waals surface area contributed by atoms with E-state index in [1.807, 2.05) is 19.1 Å². The van der Waals surface area contributed by atoms with Gasteiger partial charge in [-0.25, -0.2) is 19.9 Å². The number of carbonyl (C=O) groups excluding carboxylic acids is 1. The Bertz CT molecular complexity index is 1270. The Kier molecular flexibility index (Phi) is 4.00. The maximum Gasteiger partial charge on any atom is 0.254 e. The van der Waals surface area contributed by atoms with Crippen LogP contribution in [0.4, 0.5) is 5.82 Å². The van der Waals surface area contributed by atoms with Gasteiger partial charge in [0.2, 0.25) is 0 Å². The Balaban J connectivity index is 1.48. The number of likely N-dealkylation sites (tertiary alicyclic amines) is 1. The first-order valence-corrected chi connectivity index (χ1v) is 9.74. The van der Waals surface area contributed by atoms with Crippen molar-refractivity contribution in [2.75, 3.05) is 18.8 Å². The largest absolute Gasteiger partial charge is 0.388 e. The molecule has 0 radical (unpaired) electrons. The van der Waals surface area contributed by atoms with Gasteiger partial charge in [-0.1, -0.05) is 0 Å². The smallest absolute Gasteiger partial charge is 0.254 e. The maximum absolute atomic E-state index is 13.2. The molecule has 0 aliphatic carbocycles. The van der Waals surface area contributed by atoms with Crippen molar-refractivity contribution in [2.24, 2.45) is 0 Å². The van der Waals surface area contributed by atoms with Gasteiger partial charge in [0, 0.05) is 18.7 Å². The van der Waals surface area contributed by atoms with Crippen molar-refractivity contribution in [3.8, 4) is 0 Å². The van der Waals surface area contributed by atoms with E-state index in [1.165, 1.54) is 6.33 Å². The Morgan fingerprint density at radius 2 is 2.17 bits per heavy atom. The molecule has 1 aliphatic heterocycles. The lowest BCUT2D eigenvalue weighted by molar-refractivity contribution is -0.0433. The summed E-state index contributed by atoms with van der Waals surface area (Å²) < 4.78 is 1.79. The van der Waals surface area contributed by atoms with Gasteiger partial charge in [-0.05, 0) is 38.5 Å². The number of aliphatic hydroxyl groups is 1. The number of anilines is 1. The summed E-state index contributed by atoms with van der Waals surface area (Å²) in [5.41, 5.74) is 8.12. The lowest BCUT2D eigenvalue weighted by Crippen LogP contribution is -2.52. The Labute approximate surface area is 171 Å². The number of carbonyl (C=O) groups is 1. The quantitative estimate of drug-likeness (QED) is 0.458. The highest BCUT2D eigenvalue weighted by Gasteiger charge is 2.41. The lowest BCUT2D eigenvalue weighted by atomic mass is 9.87. The molecule has 0 spiro atoms. The van der Waals surface area contributed by atoms with E-state index < -0.39 is 11.6 Å². The van der Waals surface area contributed by atoms with Gasteiger partial charge in [0.15, 0.2) is 11.5 Å². The molecule has 5 rings (SSSR count). The van der Waals surface area contributed by atoms with Crippen molar-refractivity contribution in [1.82, 2.24) is 34.4 Å². The van der Waals surface area contributed by atoms with Crippen LogP contribution in [0.15, 0.2) is 30.9 Å². The standard InChI is InChI=1S/C20H22N8O2/c1-11-25-13-4-3-12(7-14(13)26-11)19(29)27-6-5-20(2,30)15(8-27)28-10-24-16-17(21)22-9-23-18(16)28/h3-4,7,9-10,15,30H,5-6,8H2,1-2H3,(H,25,26)(H2,21,22,23)/t15-,20-/m1/s1. The van der Waals surface area contributed by atoms with Gasteiger partial charge >= 0.3 is 0 Å². The summed E-state index contributed by atoms with van der Waals surface area (Å²) in [5.74, 6) is 0.991. The van der Waals surface area contributed by atoms with Crippen LogP contribution < -0.4 is 5.73 Å². The number of nitrogens with zero attached hydrogens (tertiary/aromatic N) is 6. The van der Waals surface area contributed by atoms with Gasteiger partial charge in [0.25, 0.3) is 5.91 Å². The number of benzene rings is 1. The summed E-state index contributed by atoms with van der Waals surface area (Å²) >= 11 is 0. The van der Waals surface area contributed by atoms with Gasteiger partial charge < -0.3 is 25.3 Å². The molecule has 1 aromatic carbocycles. The molecule has 0 saturated carbocycles. The zero-order chi connectivity index (χ0) is 21.0. The number of imidazole rings is 2. The van der Waals surface area contributed by atoms with Crippen molar-refractivity contribution in [3.05, 3.63) is 42.2 Å². The highest BCUT2D eigenvalue weighted by atomic mass is 16.3. The molecule has 0 unspecified atom stereocenters. The number of hydrogen-bond donors (Lipinski definition) is 3. The number of fused-ring (bicyclic) bond motifs is 2. The number of hydrogen-bond acceptors (Lipinski definition) is 7. The second kappa shape index (κ2) is 6.49. The molecule has 4 heterocycles. The number of nitrogens with one attached hydrogen (secondary N) is 1. The zero-order valence-electron chi connectivity index (χ0n) is 16.7. The topological polar surface area (TPSA) is 139 Å². The second-order valence-electron chi connectivity index (χ2n) is 8.01. The molecule has 2 atom stereocenters. The van der Waals surface area contributed by atoms with Crippen molar-refractivity contribution >= 4 is 33.9 Å². The number of nitrogen functional groups attached to an aromatic ring is 1. The third-order valence-electron chi connectivity index (χ3n) is 5.86. The summed E-state index contributed by atoms with van der Waals surface area (Å²) in [6, 6.07) is 5.02. The molecular weight excluding hydrogens is 384 g/mol. The van der Waals surface area contributed by atoms with Gasteiger partial charge in [0.1, 0.15) is 17.7 Å². The second-order valence-corrected chi connectivity index (χ2v) is 8.01. The van der Waals surface area contributed by atoms with Crippen molar-refractivity contribution in [2.45, 2.75) is 31.9 Å². The number of aryl methyl sites for hydroxylation is 1. The molecule has 4 aromatic rings. The van der Waals surface area contributed by atoms with E-state index in [1.54, 1.807) is 28.8 Å². The minimum Gasteiger partial charge on any atom is -0.388 e. The fourth-order valence-corrected chi connectivity index (χ4v) is 4.15. The van der Waals surface area contributed by atoms with E-state index in [2.05, 4.69) is 24.9 Å². The minimum atomic E-state index is -1.03. The molecule has 4 N–H and O–H groups in total. The summed E-state index contributed by atoms with van der Waals surface area (Å²) in [5, 5.41) is 11.1. The van der Waals surface area contributed by atoms with Crippen LogP contribution in [0.3, 0.4) is 0 Å². The van der Waals surface area contributed by atoms with E-state index in [4.69, 9.17) is 5.73 Å². The number of aromatic nitrogens is 6. The molecule has 1 fully saturated rings. The predicted molar refractivity (Wildman–Crippen MR) is 111 cm³/mol. The summed E-state index contributed by atoms with van der Waals surface area (Å²) in [4.78, 5) is 35.1. The molecule has 1 amide bonds. The van der Waals surface area contributed by atoms with Crippen LogP contribution in [-0.4, -0.2) is 64.1 Å². The summed E-state index contributed by atoms with van der Waals surface area (Å²) in [7, 11) is 0. The average molecular weight is 406 g/mol. The highest BCUT2D eigenvalue weighted by molar-refractivity contribution is 5.97. The highest BCUT2D eigenvalue weighted by Crippen LogP contribution is 2.34. The molecule has 10 nitrogen and oxygen atoms in total. The number of rotatable bonds is 2. The fourth-order valence-electron chi connectivity index (χ4n) is 4.15. The van der Waals surface area contributed by atoms with Gasteiger partial charge in [-0.2, -0.15) is 0 Å². The SMILES string of the molecule is Cc1nc2ccc(C(=O)N3CC[C@@](C)(O)[C@H](n4cnc5c(N)ncnc54)C3)cc2[nH]1. The van der Waals surface area contributed by atoms with Crippen LogP contribution in [0.1, 0.15) is 35.6 Å². The Morgan fingerprint density at radius 3 is 3.00 bits per heavy atom. The molecule has 10 heteroatoms. The third-order valence-corrected chi connectivity index (χ3v) is 5.86. The van der Waals surface area contributed by atoms with E-state index in [9.17, 15) is 9.90 Å². The van der Waals surface area contributed by atoms with E-state index in [-0.39, 0.29) is 11.7 Å². The zero-order valence-corrected chi connectivity index (χ0v) is 16.7. The van der Waals surface area contributed by atoms with Gasteiger partial charge in [0.05, 0.1) is 29.0 Å². The fraction of sp³-hybridized carbons (Fsp3) is 0.350. The molecule has 1 aliphatic rings. The van der Waals surface area contributed by atoms with Crippen LogP contribution in [0.2, 0.25) is 0 Å². The predicted octanol–water partition coefficient (Wildman–Crippen LogP) is 1.43. The third kappa shape index (κ3) is 2.88. The molecule has 30 heavy (non-hydrogen) atoms. The molecule has 1 saturated heterocycles. The van der Waals surface area contributed by atoms with Crippen LogP contribution in [-0.2, 0) is 0 Å². The van der Waals surface area contributed by atoms with E-state index in [0.29, 0.717) is 36.2 Å². The number of amides is 1. The number of nitrogens with two attached hydrogens (primary N) is 1. The average Bonchev–Trinajstić information content (AvgIpc) is 3.30. The lowest BCUT2D eigenvalue weighted by Gasteiger charge is -2.43. The monoisotopic (exact) mass is 406 g/mol. The number of aromatic amines is 1. The van der Waals surface area contributed by atoms with Crippen molar-refractivity contribution in [3.63, 3.8) is 0 Å². The number of piperidine rings is 1.